The third-order valence-corrected chi connectivity index (χ3v) is 3.92. The number of hydrogen-bond donors (Lipinski definition) is 1. The average Bonchev–Trinajstić information content (AvgIpc) is 3.29. The van der Waals surface area contributed by atoms with Crippen molar-refractivity contribution in [1.29, 1.82) is 0 Å². The lowest BCUT2D eigenvalue weighted by molar-refractivity contribution is -0.121. The molecule has 2 heterocycles. The van der Waals surface area contributed by atoms with Crippen molar-refractivity contribution < 1.29 is 18.7 Å². The van der Waals surface area contributed by atoms with Gasteiger partial charge in [-0.05, 0) is 25.0 Å². The van der Waals surface area contributed by atoms with Crippen LogP contribution in [-0.4, -0.2) is 42.5 Å². The number of nitrogens with one attached hydrogen (secondary N) is 1. The molecule has 1 aromatic heterocycles. The fraction of sp³-hybridized carbons (Fsp3) is 0.471. The van der Waals surface area contributed by atoms with E-state index in [1.807, 2.05) is 24.3 Å². The second kappa shape index (κ2) is 7.92. The zero-order chi connectivity index (χ0) is 16.8. The first-order valence-electron chi connectivity index (χ1n) is 8.10. The van der Waals surface area contributed by atoms with E-state index < -0.39 is 0 Å². The molecule has 1 unspecified atom stereocenters. The smallest absolute Gasteiger partial charge is 0.251 e. The number of para-hydroxylation sites is 1. The van der Waals surface area contributed by atoms with E-state index in [1.54, 1.807) is 7.11 Å². The van der Waals surface area contributed by atoms with Crippen LogP contribution in [0.4, 0.5) is 0 Å². The third kappa shape index (κ3) is 4.11. The van der Waals surface area contributed by atoms with Gasteiger partial charge in [-0.1, -0.05) is 12.1 Å². The molecular weight excluding hydrogens is 310 g/mol. The molecule has 1 aliphatic rings. The summed E-state index contributed by atoms with van der Waals surface area (Å²) < 4.78 is 16.4. The van der Waals surface area contributed by atoms with E-state index in [4.69, 9.17) is 13.9 Å². The van der Waals surface area contributed by atoms with E-state index in [0.29, 0.717) is 36.9 Å². The monoisotopic (exact) mass is 331 g/mol. The van der Waals surface area contributed by atoms with E-state index in [9.17, 15) is 4.79 Å². The Morgan fingerprint density at radius 3 is 3.04 bits per heavy atom. The molecule has 7 nitrogen and oxygen atoms in total. The topological polar surface area (TPSA) is 86.5 Å². The van der Waals surface area contributed by atoms with E-state index >= 15 is 0 Å². The molecule has 0 bridgehead atoms. The second-order valence-corrected chi connectivity index (χ2v) is 5.64. The maximum absolute atomic E-state index is 11.9. The van der Waals surface area contributed by atoms with Crippen molar-refractivity contribution in [3.05, 3.63) is 30.2 Å². The van der Waals surface area contributed by atoms with Crippen molar-refractivity contribution in [1.82, 2.24) is 15.5 Å². The second-order valence-electron chi connectivity index (χ2n) is 5.64. The highest BCUT2D eigenvalue weighted by Crippen LogP contribution is 2.28. The SMILES string of the molecule is COc1ccccc1-c1nnc(CCC(=O)NCC2CCCO2)o1. The van der Waals surface area contributed by atoms with Gasteiger partial charge >= 0.3 is 0 Å². The number of aryl methyl sites for hydroxylation is 1. The van der Waals surface area contributed by atoms with Gasteiger partial charge in [0.1, 0.15) is 5.75 Å². The number of benzene rings is 1. The summed E-state index contributed by atoms with van der Waals surface area (Å²) in [5.41, 5.74) is 0.738. The number of ether oxygens (including phenoxy) is 2. The number of aromatic nitrogens is 2. The van der Waals surface area contributed by atoms with Crippen molar-refractivity contribution in [2.75, 3.05) is 20.3 Å². The van der Waals surface area contributed by atoms with Crippen LogP contribution in [0.15, 0.2) is 28.7 Å². The largest absolute Gasteiger partial charge is 0.496 e. The molecule has 1 aromatic carbocycles. The van der Waals surface area contributed by atoms with E-state index in [0.717, 1.165) is 25.0 Å². The summed E-state index contributed by atoms with van der Waals surface area (Å²) in [6.45, 7) is 1.35. The Bertz CT molecular complexity index is 680. The van der Waals surface area contributed by atoms with Gasteiger partial charge in [-0.3, -0.25) is 4.79 Å². The molecule has 2 aromatic rings. The van der Waals surface area contributed by atoms with Crippen LogP contribution in [0.5, 0.6) is 5.75 Å². The molecule has 1 amide bonds. The van der Waals surface area contributed by atoms with Gasteiger partial charge in [0, 0.05) is 26.0 Å². The Morgan fingerprint density at radius 2 is 2.25 bits per heavy atom. The zero-order valence-corrected chi connectivity index (χ0v) is 13.7. The van der Waals surface area contributed by atoms with E-state index in [-0.39, 0.29) is 12.0 Å². The number of amides is 1. The Kier molecular flexibility index (Phi) is 5.43. The minimum Gasteiger partial charge on any atom is -0.496 e. The van der Waals surface area contributed by atoms with Gasteiger partial charge in [-0.2, -0.15) is 0 Å². The van der Waals surface area contributed by atoms with E-state index in [2.05, 4.69) is 15.5 Å². The predicted octanol–water partition coefficient (Wildman–Crippen LogP) is 1.97. The highest BCUT2D eigenvalue weighted by Gasteiger charge is 2.17. The molecule has 7 heteroatoms. The van der Waals surface area contributed by atoms with Crippen molar-refractivity contribution in [3.63, 3.8) is 0 Å². The van der Waals surface area contributed by atoms with Crippen molar-refractivity contribution in [2.24, 2.45) is 0 Å². The van der Waals surface area contributed by atoms with Crippen molar-refractivity contribution >= 4 is 5.91 Å². The molecule has 3 rings (SSSR count). The van der Waals surface area contributed by atoms with Crippen molar-refractivity contribution in [2.45, 2.75) is 31.8 Å². The first kappa shape index (κ1) is 16.4. The molecule has 1 saturated heterocycles. The van der Waals surface area contributed by atoms with Gasteiger partial charge in [0.2, 0.25) is 11.8 Å². The van der Waals surface area contributed by atoms with Crippen LogP contribution in [0.3, 0.4) is 0 Å². The number of methoxy groups -OCH3 is 1. The summed E-state index contributed by atoms with van der Waals surface area (Å²) in [5, 5.41) is 10.9. The molecule has 1 N–H and O–H groups in total. The lowest BCUT2D eigenvalue weighted by Crippen LogP contribution is -2.31. The molecule has 0 spiro atoms. The van der Waals surface area contributed by atoms with Gasteiger partial charge in [0.25, 0.3) is 5.89 Å². The standard InChI is InChI=1S/C17H21N3O4/c1-22-14-7-3-2-6-13(14)17-20-19-16(24-17)9-8-15(21)18-11-12-5-4-10-23-12/h2-3,6-7,12H,4-5,8-11H2,1H3,(H,18,21). The molecule has 0 radical (unpaired) electrons. The Labute approximate surface area is 140 Å². The Balaban J connectivity index is 1.51. The Morgan fingerprint density at radius 1 is 1.38 bits per heavy atom. The Hall–Kier alpha value is -2.41. The number of carbonyl (C=O) groups excluding carboxylic acids is 1. The summed E-state index contributed by atoms with van der Waals surface area (Å²) in [5.74, 6) is 1.45. The minimum atomic E-state index is -0.0393. The summed E-state index contributed by atoms with van der Waals surface area (Å²) >= 11 is 0. The van der Waals surface area contributed by atoms with Gasteiger partial charge in [0.15, 0.2) is 0 Å². The zero-order valence-electron chi connectivity index (χ0n) is 13.7. The summed E-state index contributed by atoms with van der Waals surface area (Å²) in [6, 6.07) is 7.43. The average molecular weight is 331 g/mol. The lowest BCUT2D eigenvalue weighted by atomic mass is 10.2. The predicted molar refractivity (Wildman–Crippen MR) is 86.6 cm³/mol. The normalized spacial score (nSPS) is 17.0. The minimum absolute atomic E-state index is 0.0393. The van der Waals surface area contributed by atoms with Crippen LogP contribution < -0.4 is 10.1 Å². The van der Waals surface area contributed by atoms with Crippen LogP contribution in [-0.2, 0) is 16.0 Å². The number of rotatable bonds is 7. The third-order valence-electron chi connectivity index (χ3n) is 3.92. The first-order valence-corrected chi connectivity index (χ1v) is 8.10. The summed E-state index contributed by atoms with van der Waals surface area (Å²) in [7, 11) is 1.59. The summed E-state index contributed by atoms with van der Waals surface area (Å²) in [4.78, 5) is 11.9. The van der Waals surface area contributed by atoms with Gasteiger partial charge < -0.3 is 19.2 Å². The fourth-order valence-electron chi connectivity index (χ4n) is 2.63. The fourth-order valence-corrected chi connectivity index (χ4v) is 2.63. The molecular formula is C17H21N3O4. The van der Waals surface area contributed by atoms with Gasteiger partial charge in [0.05, 0.1) is 18.8 Å². The quantitative estimate of drug-likeness (QED) is 0.835. The van der Waals surface area contributed by atoms with Crippen LogP contribution in [0, 0.1) is 0 Å². The van der Waals surface area contributed by atoms with Gasteiger partial charge in [-0.15, -0.1) is 10.2 Å². The molecule has 0 aliphatic carbocycles. The molecule has 1 atom stereocenters. The summed E-state index contributed by atoms with van der Waals surface area (Å²) in [6.07, 6.45) is 2.93. The number of nitrogens with zero attached hydrogens (tertiary/aromatic N) is 2. The first-order chi connectivity index (χ1) is 11.8. The number of hydrogen-bond acceptors (Lipinski definition) is 6. The van der Waals surface area contributed by atoms with Gasteiger partial charge in [-0.25, -0.2) is 0 Å². The lowest BCUT2D eigenvalue weighted by Gasteiger charge is -2.10. The van der Waals surface area contributed by atoms with Crippen molar-refractivity contribution in [3.8, 4) is 17.2 Å². The molecule has 1 fully saturated rings. The molecule has 1 aliphatic heterocycles. The molecule has 128 valence electrons. The van der Waals surface area contributed by atoms with Crippen LogP contribution in [0.1, 0.15) is 25.2 Å². The number of carbonyl (C=O) groups is 1. The van der Waals surface area contributed by atoms with Crippen LogP contribution >= 0.6 is 0 Å². The maximum atomic E-state index is 11.9. The highest BCUT2D eigenvalue weighted by molar-refractivity contribution is 5.76. The maximum Gasteiger partial charge on any atom is 0.251 e. The highest BCUT2D eigenvalue weighted by atomic mass is 16.5. The molecule has 24 heavy (non-hydrogen) atoms. The molecule has 0 saturated carbocycles. The van der Waals surface area contributed by atoms with Crippen LogP contribution in [0.2, 0.25) is 0 Å². The van der Waals surface area contributed by atoms with E-state index in [1.165, 1.54) is 0 Å². The van der Waals surface area contributed by atoms with Crippen LogP contribution in [0.25, 0.3) is 11.5 Å².